The number of nitrogens with zero attached hydrogens (tertiary/aromatic N) is 3. The van der Waals surface area contributed by atoms with Crippen molar-refractivity contribution in [3.8, 4) is 11.1 Å². The molecule has 5 nitrogen and oxygen atoms in total. The average molecular weight is 355 g/mol. The van der Waals surface area contributed by atoms with Crippen LogP contribution in [0.5, 0.6) is 0 Å². The number of carboxylic acid groups (broad SMARTS) is 1. The van der Waals surface area contributed by atoms with E-state index >= 15 is 0 Å². The summed E-state index contributed by atoms with van der Waals surface area (Å²) in [6.07, 6.45) is 2.65. The zero-order valence-corrected chi connectivity index (χ0v) is 13.0. The van der Waals surface area contributed by atoms with Crippen LogP contribution in [0, 0.1) is 0 Å². The molecule has 0 unspecified atom stereocenters. The minimum absolute atomic E-state index is 0.0231. The van der Waals surface area contributed by atoms with Gasteiger partial charge in [-0.1, -0.05) is 46.9 Å². The van der Waals surface area contributed by atoms with E-state index in [-0.39, 0.29) is 16.1 Å². The summed E-state index contributed by atoms with van der Waals surface area (Å²) in [5.41, 5.74) is 1.62. The van der Waals surface area contributed by atoms with Crippen molar-refractivity contribution in [2.75, 3.05) is 0 Å². The van der Waals surface area contributed by atoms with Crippen molar-refractivity contribution >= 4 is 51.8 Å². The molecule has 3 aromatic rings. The fourth-order valence-corrected chi connectivity index (χ4v) is 2.69. The van der Waals surface area contributed by atoms with E-state index in [1.807, 2.05) is 0 Å². The molecule has 22 heavy (non-hydrogen) atoms. The van der Waals surface area contributed by atoms with Crippen LogP contribution in [0.3, 0.4) is 0 Å². The van der Waals surface area contributed by atoms with Gasteiger partial charge in [-0.25, -0.2) is 4.79 Å². The van der Waals surface area contributed by atoms with Gasteiger partial charge in [0.2, 0.25) is 0 Å². The van der Waals surface area contributed by atoms with E-state index in [0.717, 1.165) is 0 Å². The number of benzene rings is 1. The van der Waals surface area contributed by atoms with Crippen LogP contribution in [0.2, 0.25) is 15.1 Å². The third kappa shape index (κ3) is 2.37. The zero-order valence-electron chi connectivity index (χ0n) is 10.7. The van der Waals surface area contributed by atoms with E-state index in [4.69, 9.17) is 39.9 Å². The fourth-order valence-electron chi connectivity index (χ4n) is 2.03. The SMILES string of the molecule is O=C(O)c1cnc2c(-c3cccc(Cl)c3Cl)cnnc2c1Cl. The molecule has 8 heteroatoms. The van der Waals surface area contributed by atoms with Crippen molar-refractivity contribution in [1.29, 1.82) is 0 Å². The lowest BCUT2D eigenvalue weighted by Gasteiger charge is -2.09. The van der Waals surface area contributed by atoms with E-state index in [2.05, 4.69) is 15.2 Å². The summed E-state index contributed by atoms with van der Waals surface area (Å²) in [5.74, 6) is -1.19. The molecule has 0 amide bonds. The summed E-state index contributed by atoms with van der Waals surface area (Å²) in [6, 6.07) is 5.15. The second-order valence-electron chi connectivity index (χ2n) is 4.35. The minimum Gasteiger partial charge on any atom is -0.478 e. The maximum atomic E-state index is 11.1. The Morgan fingerprint density at radius 3 is 2.50 bits per heavy atom. The van der Waals surface area contributed by atoms with Gasteiger partial charge in [0, 0.05) is 17.3 Å². The number of halogens is 3. The van der Waals surface area contributed by atoms with Crippen LogP contribution < -0.4 is 0 Å². The first kappa shape index (κ1) is 15.0. The Hall–Kier alpha value is -1.95. The van der Waals surface area contributed by atoms with Gasteiger partial charge in [-0.3, -0.25) is 4.98 Å². The number of pyridine rings is 1. The van der Waals surface area contributed by atoms with E-state index in [0.29, 0.717) is 26.7 Å². The molecule has 2 heterocycles. The fraction of sp³-hybridized carbons (Fsp3) is 0. The Bertz CT molecular complexity index is 915. The molecule has 0 saturated carbocycles. The van der Waals surface area contributed by atoms with Gasteiger partial charge >= 0.3 is 5.97 Å². The van der Waals surface area contributed by atoms with Crippen molar-refractivity contribution in [3.63, 3.8) is 0 Å². The molecule has 0 radical (unpaired) electrons. The third-order valence-corrected chi connectivity index (χ3v) is 4.26. The highest BCUT2D eigenvalue weighted by molar-refractivity contribution is 6.44. The average Bonchev–Trinajstić information content (AvgIpc) is 2.50. The molecule has 0 bridgehead atoms. The molecule has 0 aliphatic rings. The molecule has 0 spiro atoms. The van der Waals surface area contributed by atoms with Crippen LogP contribution in [0.15, 0.2) is 30.6 Å². The number of aromatic carboxylic acids is 1. The molecule has 1 aromatic carbocycles. The topological polar surface area (TPSA) is 76.0 Å². The van der Waals surface area contributed by atoms with E-state index in [9.17, 15) is 4.79 Å². The van der Waals surface area contributed by atoms with Crippen LogP contribution in [0.25, 0.3) is 22.2 Å². The summed E-state index contributed by atoms with van der Waals surface area (Å²) >= 11 is 18.3. The highest BCUT2D eigenvalue weighted by Gasteiger charge is 2.18. The van der Waals surface area contributed by atoms with Crippen LogP contribution >= 0.6 is 34.8 Å². The smallest absolute Gasteiger partial charge is 0.338 e. The van der Waals surface area contributed by atoms with Crippen molar-refractivity contribution in [1.82, 2.24) is 15.2 Å². The molecule has 3 rings (SSSR count). The number of carbonyl (C=O) groups is 1. The second-order valence-corrected chi connectivity index (χ2v) is 5.51. The zero-order chi connectivity index (χ0) is 15.9. The molecule has 110 valence electrons. The lowest BCUT2D eigenvalue weighted by atomic mass is 10.1. The van der Waals surface area contributed by atoms with Crippen LogP contribution in [0.1, 0.15) is 10.4 Å². The molecule has 0 aliphatic carbocycles. The first-order valence-electron chi connectivity index (χ1n) is 5.98. The summed E-state index contributed by atoms with van der Waals surface area (Å²) < 4.78 is 0. The summed E-state index contributed by atoms with van der Waals surface area (Å²) in [5, 5.41) is 17.5. The van der Waals surface area contributed by atoms with Gasteiger partial charge in [-0.05, 0) is 6.07 Å². The predicted molar refractivity (Wildman–Crippen MR) is 84.8 cm³/mol. The Kier molecular flexibility index (Phi) is 3.87. The van der Waals surface area contributed by atoms with Gasteiger partial charge in [0.15, 0.2) is 0 Å². The third-order valence-electron chi connectivity index (χ3n) is 3.06. The van der Waals surface area contributed by atoms with E-state index < -0.39 is 5.97 Å². The molecule has 0 aliphatic heterocycles. The Morgan fingerprint density at radius 1 is 1.00 bits per heavy atom. The Labute approximate surface area is 139 Å². The lowest BCUT2D eigenvalue weighted by Crippen LogP contribution is -2.01. The van der Waals surface area contributed by atoms with Crippen LogP contribution in [-0.4, -0.2) is 26.3 Å². The Balaban J connectivity index is 2.35. The second kappa shape index (κ2) is 5.68. The quantitative estimate of drug-likeness (QED) is 0.740. The van der Waals surface area contributed by atoms with Gasteiger partial charge in [-0.2, -0.15) is 5.10 Å². The minimum atomic E-state index is -1.19. The Morgan fingerprint density at radius 2 is 1.77 bits per heavy atom. The molecule has 0 atom stereocenters. The first-order valence-corrected chi connectivity index (χ1v) is 7.11. The monoisotopic (exact) mass is 353 g/mol. The molecule has 2 aromatic heterocycles. The van der Waals surface area contributed by atoms with Crippen molar-refractivity contribution in [3.05, 3.63) is 51.2 Å². The summed E-state index contributed by atoms with van der Waals surface area (Å²) in [6.45, 7) is 0. The highest BCUT2D eigenvalue weighted by Crippen LogP contribution is 2.37. The molecule has 0 fully saturated rings. The van der Waals surface area contributed by atoms with Crippen LogP contribution in [-0.2, 0) is 0 Å². The lowest BCUT2D eigenvalue weighted by molar-refractivity contribution is 0.0697. The van der Waals surface area contributed by atoms with Gasteiger partial charge in [-0.15, -0.1) is 5.10 Å². The molecule has 1 N–H and O–H groups in total. The van der Waals surface area contributed by atoms with Gasteiger partial charge < -0.3 is 5.11 Å². The number of fused-ring (bicyclic) bond motifs is 1. The van der Waals surface area contributed by atoms with Gasteiger partial charge in [0.1, 0.15) is 11.0 Å². The normalized spacial score (nSPS) is 10.9. The van der Waals surface area contributed by atoms with Crippen molar-refractivity contribution < 1.29 is 9.90 Å². The maximum absolute atomic E-state index is 11.1. The predicted octanol–water partition coefficient (Wildman–Crippen LogP) is 4.35. The van der Waals surface area contributed by atoms with Gasteiger partial charge in [0.05, 0.1) is 26.8 Å². The first-order chi connectivity index (χ1) is 10.5. The van der Waals surface area contributed by atoms with E-state index in [1.165, 1.54) is 12.4 Å². The summed E-state index contributed by atoms with van der Waals surface area (Å²) in [7, 11) is 0. The number of hydrogen-bond donors (Lipinski definition) is 1. The highest BCUT2D eigenvalue weighted by atomic mass is 35.5. The number of aromatic nitrogens is 3. The van der Waals surface area contributed by atoms with E-state index in [1.54, 1.807) is 18.2 Å². The van der Waals surface area contributed by atoms with Crippen molar-refractivity contribution in [2.45, 2.75) is 0 Å². The molecule has 0 saturated heterocycles. The number of rotatable bonds is 2. The number of carboxylic acids is 1. The number of hydrogen-bond acceptors (Lipinski definition) is 4. The standard InChI is InChI=1S/C14H6Cl3N3O2/c15-9-3-1-2-6(10(9)16)7-5-19-20-13-11(17)8(14(21)22)4-18-12(7)13/h1-5H,(H,21,22). The van der Waals surface area contributed by atoms with Gasteiger partial charge in [0.25, 0.3) is 0 Å². The largest absolute Gasteiger partial charge is 0.478 e. The maximum Gasteiger partial charge on any atom is 0.338 e. The molecular formula is C14H6Cl3N3O2. The summed E-state index contributed by atoms with van der Waals surface area (Å²) in [4.78, 5) is 15.2. The van der Waals surface area contributed by atoms with Crippen molar-refractivity contribution in [2.24, 2.45) is 0 Å². The van der Waals surface area contributed by atoms with Crippen LogP contribution in [0.4, 0.5) is 0 Å². The molecular weight excluding hydrogens is 349 g/mol.